The Labute approximate surface area is 188 Å². The maximum atomic E-state index is 10.4. The Hall–Kier alpha value is -1.05. The summed E-state index contributed by atoms with van der Waals surface area (Å²) >= 11 is 30.2. The van der Waals surface area contributed by atoms with Crippen molar-refractivity contribution in [2.24, 2.45) is 0 Å². The van der Waals surface area contributed by atoms with Crippen molar-refractivity contribution in [3.8, 4) is 0 Å². The van der Waals surface area contributed by atoms with Crippen LogP contribution >= 0.6 is 73.7 Å². The molecule has 14 heteroatoms. The third-order valence-electron chi connectivity index (χ3n) is 2.08. The monoisotopic (exact) mass is 524 g/mol. The number of halogens is 6. The Morgan fingerprint density at radius 1 is 0.857 bits per heavy atom. The summed E-state index contributed by atoms with van der Waals surface area (Å²) in [5, 5.41) is -2.14. The van der Waals surface area contributed by atoms with Gasteiger partial charge in [0, 0.05) is 24.7 Å². The highest BCUT2D eigenvalue weighted by atomic mass is 36.0. The van der Waals surface area contributed by atoms with Crippen molar-refractivity contribution in [3.63, 3.8) is 0 Å². The molecule has 3 aromatic heterocycles. The van der Waals surface area contributed by atoms with Gasteiger partial charge in [0.15, 0.2) is 0 Å². The summed E-state index contributed by atoms with van der Waals surface area (Å²) in [5.74, 6) is 0. The number of nitrogens with zero attached hydrogens (tertiary/aromatic N) is 2. The molecule has 28 heavy (non-hydrogen) atoms. The van der Waals surface area contributed by atoms with Gasteiger partial charge in [-0.05, 0) is 58.0 Å². The lowest BCUT2D eigenvalue weighted by Gasteiger charge is -1.87. The van der Waals surface area contributed by atoms with Crippen molar-refractivity contribution in [3.05, 3.63) is 91.2 Å². The maximum absolute atomic E-state index is 10.4. The molecule has 0 amide bonds. The van der Waals surface area contributed by atoms with Gasteiger partial charge in [-0.3, -0.25) is 14.2 Å². The molecule has 0 spiro atoms. The number of aromatic nitrogens is 4. The second kappa shape index (κ2) is 14.9. The van der Waals surface area contributed by atoms with E-state index in [4.69, 9.17) is 34.8 Å². The summed E-state index contributed by atoms with van der Waals surface area (Å²) in [4.78, 5) is 32.7. The van der Waals surface area contributed by atoms with Crippen molar-refractivity contribution < 1.29 is 4.57 Å². The van der Waals surface area contributed by atoms with Crippen LogP contribution in [-0.4, -0.2) is 19.9 Å². The largest absolute Gasteiger partial charge is 0.339 e. The van der Waals surface area contributed by atoms with E-state index in [1.807, 2.05) is 0 Å². The molecule has 0 bridgehead atoms. The van der Waals surface area contributed by atoms with Gasteiger partial charge in [-0.2, -0.15) is 0 Å². The van der Waals surface area contributed by atoms with Gasteiger partial charge in [0.25, 0.3) is 11.1 Å². The molecule has 3 rings (SSSR count). The zero-order valence-corrected chi connectivity index (χ0v) is 19.0. The van der Waals surface area contributed by atoms with Crippen LogP contribution in [0.1, 0.15) is 0 Å². The molecule has 0 aliphatic carbocycles. The molecule has 152 valence electrons. The van der Waals surface area contributed by atoms with E-state index in [1.165, 1.54) is 24.8 Å². The Morgan fingerprint density at radius 3 is 1.75 bits per heavy atom. The quantitative estimate of drug-likeness (QED) is 0.276. The Morgan fingerprint density at radius 2 is 1.46 bits per heavy atom. The van der Waals surface area contributed by atoms with Crippen molar-refractivity contribution >= 4 is 73.7 Å². The van der Waals surface area contributed by atoms with E-state index in [9.17, 15) is 14.2 Å². The summed E-state index contributed by atoms with van der Waals surface area (Å²) in [7, 11) is 0. The number of hydrogen-bond acceptors (Lipinski definition) is 5. The maximum Gasteiger partial charge on any atom is 0.339 e. The molecule has 0 radical (unpaired) electrons. The number of rotatable bonds is 0. The molecule has 3 aromatic rings. The Bertz CT molecular complexity index is 948. The second-order valence-corrected chi connectivity index (χ2v) is 11.9. The fraction of sp³-hybridized carbons (Fsp3) is 0. The van der Waals surface area contributed by atoms with Gasteiger partial charge in [-0.15, -0.1) is 0 Å². The van der Waals surface area contributed by atoms with Gasteiger partial charge >= 0.3 is 5.20 Å². The van der Waals surface area contributed by atoms with Crippen LogP contribution in [0.5, 0.6) is 0 Å². The van der Waals surface area contributed by atoms with Crippen LogP contribution in [0.25, 0.3) is 0 Å². The van der Waals surface area contributed by atoms with Crippen LogP contribution in [-0.2, 0) is 4.57 Å². The minimum Gasteiger partial charge on any atom is -0.328 e. The highest BCUT2D eigenvalue weighted by Gasteiger charge is 2.03. The molecule has 0 atom stereocenters. The predicted octanol–water partition coefficient (Wildman–Crippen LogP) is 6.00. The van der Waals surface area contributed by atoms with E-state index >= 15 is 0 Å². The predicted molar refractivity (Wildman–Crippen MR) is 116 cm³/mol. The first-order valence-electron chi connectivity index (χ1n) is 6.77. The van der Waals surface area contributed by atoms with E-state index in [0.717, 1.165) is 0 Å². The first-order chi connectivity index (χ1) is 13.0. The molecular formula is C14H11Cl6N4O3P. The normalized spacial score (nSPS) is 9.50. The minimum atomic E-state index is -3.22. The van der Waals surface area contributed by atoms with Crippen LogP contribution in [0, 0.1) is 0 Å². The number of hydrogen-bond donors (Lipinski definition) is 2. The first kappa shape index (κ1) is 27.0. The molecule has 0 saturated heterocycles. The fourth-order valence-electron chi connectivity index (χ4n) is 1.07. The number of aromatic amines is 2. The zero-order valence-electron chi connectivity index (χ0n) is 13.5. The van der Waals surface area contributed by atoms with Crippen molar-refractivity contribution in [2.75, 3.05) is 0 Å². The third-order valence-corrected chi connectivity index (χ3v) is 3.08. The van der Waals surface area contributed by atoms with E-state index in [1.54, 1.807) is 30.5 Å². The molecular weight excluding hydrogens is 516 g/mol. The fourth-order valence-corrected chi connectivity index (χ4v) is 1.44. The van der Waals surface area contributed by atoms with Gasteiger partial charge in [0.05, 0.1) is 11.3 Å². The molecule has 0 unspecified atom stereocenters. The average Bonchev–Trinajstić information content (AvgIpc) is 2.61. The van der Waals surface area contributed by atoms with E-state index in [2.05, 4.69) is 53.7 Å². The Balaban J connectivity index is 0.000000353. The lowest BCUT2D eigenvalue weighted by molar-refractivity contribution is 0.600. The summed E-state index contributed by atoms with van der Waals surface area (Å²) in [5.41, 5.74) is -0.357. The highest BCUT2D eigenvalue weighted by Crippen LogP contribution is 2.61. The molecule has 3 heterocycles. The van der Waals surface area contributed by atoms with Crippen LogP contribution in [0.3, 0.4) is 0 Å². The number of H-pyrrole nitrogens is 2. The van der Waals surface area contributed by atoms with Crippen LogP contribution in [0.4, 0.5) is 0 Å². The van der Waals surface area contributed by atoms with E-state index in [-0.39, 0.29) is 16.1 Å². The standard InChI is InChI=1S/C5H3Cl2N.C5H4ClNO.C4H4N2O.Cl3OP/c6-4-2-1-3-8-5(4)7;6-4-2-1-3-7-5(4)8;7-4-1-2-5-3-6-4;1-5(2,3)4/h1-3H;1-3H,(H,7,8);1-3H,(H,5,6,7);. The van der Waals surface area contributed by atoms with Gasteiger partial charge in [-0.1, -0.05) is 34.8 Å². The highest BCUT2D eigenvalue weighted by molar-refractivity contribution is 8.24. The lowest BCUT2D eigenvalue weighted by Crippen LogP contribution is -2.02. The molecule has 0 aromatic carbocycles. The first-order valence-corrected chi connectivity index (χ1v) is 12.3. The van der Waals surface area contributed by atoms with Crippen LogP contribution in [0.2, 0.25) is 15.2 Å². The molecule has 0 fully saturated rings. The minimum absolute atomic E-state index is 0.116. The molecule has 0 saturated carbocycles. The molecule has 2 N–H and O–H groups in total. The number of nitrogens with one attached hydrogen (secondary N) is 2. The molecule has 0 aliphatic rings. The summed E-state index contributed by atoms with van der Waals surface area (Å²) in [6, 6.07) is 8.00. The van der Waals surface area contributed by atoms with Crippen molar-refractivity contribution in [1.82, 2.24) is 19.9 Å². The van der Waals surface area contributed by atoms with Crippen molar-refractivity contribution in [1.29, 1.82) is 0 Å². The third kappa shape index (κ3) is 17.1. The second-order valence-electron chi connectivity index (χ2n) is 4.12. The van der Waals surface area contributed by atoms with Gasteiger partial charge < -0.3 is 9.97 Å². The lowest BCUT2D eigenvalue weighted by atomic mass is 10.5. The molecule has 7 nitrogen and oxygen atoms in total. The SMILES string of the molecule is Clc1cccnc1Cl.O=P(Cl)(Cl)Cl.O=c1[nH]cccc1Cl.O=c1ccnc[nH]1. The van der Waals surface area contributed by atoms with Gasteiger partial charge in [-0.25, -0.2) is 9.97 Å². The summed E-state index contributed by atoms with van der Waals surface area (Å²) < 4.78 is 9.51. The molecule has 0 aliphatic heterocycles. The average molecular weight is 527 g/mol. The van der Waals surface area contributed by atoms with Gasteiger partial charge in [0.2, 0.25) is 0 Å². The van der Waals surface area contributed by atoms with Crippen molar-refractivity contribution in [2.45, 2.75) is 0 Å². The zero-order chi connectivity index (χ0) is 21.6. The van der Waals surface area contributed by atoms with E-state index in [0.29, 0.717) is 10.2 Å². The smallest absolute Gasteiger partial charge is 0.328 e. The topological polar surface area (TPSA) is 109 Å². The summed E-state index contributed by atoms with van der Waals surface area (Å²) in [6.45, 7) is 0. The van der Waals surface area contributed by atoms with Gasteiger partial charge in [0.1, 0.15) is 10.2 Å². The number of pyridine rings is 2. The van der Waals surface area contributed by atoms with Crippen LogP contribution in [0.15, 0.2) is 64.8 Å². The summed E-state index contributed by atoms with van der Waals surface area (Å²) in [6.07, 6.45) is 5.92. The van der Waals surface area contributed by atoms with E-state index < -0.39 is 5.20 Å². The van der Waals surface area contributed by atoms with Crippen LogP contribution < -0.4 is 11.1 Å². The Kier molecular flexibility index (Phi) is 14.3.